The molecular formula is C10H16N6S. The zero-order valence-electron chi connectivity index (χ0n) is 9.81. The van der Waals surface area contributed by atoms with Crippen molar-refractivity contribution < 1.29 is 0 Å². The Labute approximate surface area is 104 Å². The van der Waals surface area contributed by atoms with E-state index in [1.54, 1.807) is 11.8 Å². The van der Waals surface area contributed by atoms with E-state index in [2.05, 4.69) is 32.3 Å². The van der Waals surface area contributed by atoms with E-state index >= 15 is 0 Å². The van der Waals surface area contributed by atoms with Crippen molar-refractivity contribution in [1.29, 1.82) is 0 Å². The van der Waals surface area contributed by atoms with Crippen molar-refractivity contribution in [2.45, 2.75) is 37.8 Å². The zero-order valence-corrected chi connectivity index (χ0v) is 10.6. The summed E-state index contributed by atoms with van der Waals surface area (Å²) in [4.78, 5) is 8.48. The maximum Gasteiger partial charge on any atom is 0.207 e. The monoisotopic (exact) mass is 252 g/mol. The number of rotatable bonds is 6. The molecule has 0 saturated heterocycles. The zero-order chi connectivity index (χ0) is 12.1. The summed E-state index contributed by atoms with van der Waals surface area (Å²) >= 11 is 1.62. The normalized spacial score (nSPS) is 11.1. The summed E-state index contributed by atoms with van der Waals surface area (Å²) < 4.78 is 0. The van der Waals surface area contributed by atoms with Crippen molar-refractivity contribution in [1.82, 2.24) is 25.4 Å². The number of H-pyrrole nitrogens is 1. The van der Waals surface area contributed by atoms with Crippen LogP contribution in [0, 0.1) is 0 Å². The maximum atomic E-state index is 5.77. The van der Waals surface area contributed by atoms with Crippen molar-refractivity contribution in [2.75, 3.05) is 11.5 Å². The van der Waals surface area contributed by atoms with E-state index in [0.29, 0.717) is 22.1 Å². The number of anilines is 1. The Morgan fingerprint density at radius 3 is 2.88 bits per heavy atom. The number of nitrogens with one attached hydrogen (secondary N) is 1. The molecule has 0 aliphatic carbocycles. The van der Waals surface area contributed by atoms with Crippen molar-refractivity contribution in [3.05, 3.63) is 0 Å². The molecule has 7 heteroatoms. The molecule has 0 aromatic carbocycles. The van der Waals surface area contributed by atoms with Crippen LogP contribution in [0.25, 0.3) is 11.2 Å². The Balaban J connectivity index is 1.94. The molecule has 0 unspecified atom stereocenters. The molecule has 2 aromatic heterocycles. The molecule has 0 bridgehead atoms. The lowest BCUT2D eigenvalue weighted by Gasteiger charge is -2.01. The minimum absolute atomic E-state index is 0.389. The lowest BCUT2D eigenvalue weighted by Crippen LogP contribution is -1.97. The smallest absolute Gasteiger partial charge is 0.207 e. The van der Waals surface area contributed by atoms with Gasteiger partial charge in [0.25, 0.3) is 0 Å². The molecule has 0 fully saturated rings. The van der Waals surface area contributed by atoms with E-state index in [1.807, 2.05) is 0 Å². The van der Waals surface area contributed by atoms with E-state index in [1.165, 1.54) is 25.7 Å². The van der Waals surface area contributed by atoms with Gasteiger partial charge in [-0.15, -0.1) is 5.10 Å². The quantitative estimate of drug-likeness (QED) is 0.464. The average molecular weight is 252 g/mol. The molecule has 2 aromatic rings. The van der Waals surface area contributed by atoms with E-state index in [4.69, 9.17) is 5.73 Å². The highest BCUT2D eigenvalue weighted by molar-refractivity contribution is 7.99. The number of unbranched alkanes of at least 4 members (excludes halogenated alkanes) is 3. The number of hydrogen-bond acceptors (Lipinski definition) is 6. The molecule has 92 valence electrons. The van der Waals surface area contributed by atoms with Gasteiger partial charge < -0.3 is 5.73 Å². The summed E-state index contributed by atoms with van der Waals surface area (Å²) in [6, 6.07) is 0. The topological polar surface area (TPSA) is 93.4 Å². The fourth-order valence-corrected chi connectivity index (χ4v) is 2.35. The van der Waals surface area contributed by atoms with Gasteiger partial charge in [-0.1, -0.05) is 37.9 Å². The fourth-order valence-electron chi connectivity index (χ4n) is 1.50. The van der Waals surface area contributed by atoms with Gasteiger partial charge >= 0.3 is 0 Å². The van der Waals surface area contributed by atoms with Gasteiger partial charge in [-0.2, -0.15) is 15.3 Å². The molecule has 0 amide bonds. The second-order valence-corrected chi connectivity index (χ2v) is 4.86. The largest absolute Gasteiger partial charge is 0.382 e. The van der Waals surface area contributed by atoms with Gasteiger partial charge in [0.1, 0.15) is 0 Å². The van der Waals surface area contributed by atoms with Gasteiger partial charge in [-0.25, -0.2) is 4.98 Å². The van der Waals surface area contributed by atoms with Crippen molar-refractivity contribution in [3.8, 4) is 0 Å². The molecule has 0 atom stereocenters. The molecule has 3 N–H and O–H groups in total. The van der Waals surface area contributed by atoms with Gasteiger partial charge in [0.05, 0.1) is 0 Å². The first kappa shape index (κ1) is 12.1. The van der Waals surface area contributed by atoms with Crippen LogP contribution in [0.4, 0.5) is 5.82 Å². The van der Waals surface area contributed by atoms with E-state index in [-0.39, 0.29) is 0 Å². The highest BCUT2D eigenvalue weighted by atomic mass is 32.2. The predicted molar refractivity (Wildman–Crippen MR) is 68.8 cm³/mol. The number of aromatic nitrogens is 5. The van der Waals surface area contributed by atoms with Crippen LogP contribution in [0.15, 0.2) is 5.16 Å². The summed E-state index contributed by atoms with van der Waals surface area (Å²) in [7, 11) is 0. The highest BCUT2D eigenvalue weighted by Gasteiger charge is 2.08. The third-order valence-corrected chi connectivity index (χ3v) is 3.35. The third-order valence-electron chi connectivity index (χ3n) is 2.42. The van der Waals surface area contributed by atoms with Crippen molar-refractivity contribution in [2.24, 2.45) is 0 Å². The average Bonchev–Trinajstić information content (AvgIpc) is 2.77. The Hall–Kier alpha value is -1.37. The Bertz CT molecular complexity index is 483. The molecule has 2 rings (SSSR count). The molecule has 17 heavy (non-hydrogen) atoms. The predicted octanol–water partition coefficient (Wildman–Crippen LogP) is 2.00. The Kier molecular flexibility index (Phi) is 4.13. The number of nitrogen functional groups attached to an aromatic ring is 1. The second kappa shape index (κ2) is 5.81. The van der Waals surface area contributed by atoms with Crippen LogP contribution in [0.2, 0.25) is 0 Å². The SMILES string of the molecule is CCCCCCSc1nc(N)c2n[nH]nc2n1. The first-order valence-electron chi connectivity index (χ1n) is 5.78. The summed E-state index contributed by atoms with van der Waals surface area (Å²) in [5.74, 6) is 1.41. The van der Waals surface area contributed by atoms with E-state index < -0.39 is 0 Å². The first-order chi connectivity index (χ1) is 8.31. The number of nitrogens with zero attached hydrogens (tertiary/aromatic N) is 4. The van der Waals surface area contributed by atoms with E-state index in [9.17, 15) is 0 Å². The minimum Gasteiger partial charge on any atom is -0.382 e. The van der Waals surface area contributed by atoms with Crippen LogP contribution < -0.4 is 5.73 Å². The fraction of sp³-hybridized carbons (Fsp3) is 0.600. The first-order valence-corrected chi connectivity index (χ1v) is 6.76. The number of hydrogen-bond donors (Lipinski definition) is 2. The lowest BCUT2D eigenvalue weighted by molar-refractivity contribution is 0.706. The standard InChI is InChI=1S/C10H16N6S/c1-2-3-4-5-6-17-10-12-8(11)7-9(13-10)15-16-14-7/h2-6H2,1H3,(H3,11,12,13,14,15,16). The molecular weight excluding hydrogens is 236 g/mol. The number of aromatic amines is 1. The van der Waals surface area contributed by atoms with Crippen LogP contribution in [0.3, 0.4) is 0 Å². The van der Waals surface area contributed by atoms with Crippen LogP contribution in [-0.4, -0.2) is 31.1 Å². The molecule has 0 aliphatic rings. The summed E-state index contributed by atoms with van der Waals surface area (Å²) in [6.45, 7) is 2.20. The summed E-state index contributed by atoms with van der Waals surface area (Å²) in [5.41, 5.74) is 6.84. The summed E-state index contributed by atoms with van der Waals surface area (Å²) in [5, 5.41) is 11.0. The van der Waals surface area contributed by atoms with Crippen LogP contribution in [0.5, 0.6) is 0 Å². The van der Waals surface area contributed by atoms with Gasteiger partial charge in [-0.3, -0.25) is 0 Å². The van der Waals surface area contributed by atoms with Crippen molar-refractivity contribution in [3.63, 3.8) is 0 Å². The molecule has 0 aliphatic heterocycles. The highest BCUT2D eigenvalue weighted by Crippen LogP contribution is 2.20. The van der Waals surface area contributed by atoms with Crippen molar-refractivity contribution >= 4 is 28.7 Å². The molecule has 2 heterocycles. The minimum atomic E-state index is 0.389. The molecule has 0 spiro atoms. The van der Waals surface area contributed by atoms with Crippen LogP contribution in [0.1, 0.15) is 32.6 Å². The van der Waals surface area contributed by atoms with Gasteiger partial charge in [0, 0.05) is 5.75 Å². The van der Waals surface area contributed by atoms with Gasteiger partial charge in [-0.05, 0) is 6.42 Å². The van der Waals surface area contributed by atoms with Crippen LogP contribution >= 0.6 is 11.8 Å². The Morgan fingerprint density at radius 2 is 2.06 bits per heavy atom. The number of thioether (sulfide) groups is 1. The number of fused-ring (bicyclic) bond motifs is 1. The lowest BCUT2D eigenvalue weighted by atomic mass is 10.2. The maximum absolute atomic E-state index is 5.77. The third kappa shape index (κ3) is 3.06. The molecule has 0 radical (unpaired) electrons. The second-order valence-electron chi connectivity index (χ2n) is 3.80. The van der Waals surface area contributed by atoms with Gasteiger partial charge in [0.2, 0.25) is 5.65 Å². The number of nitrogens with two attached hydrogens (primary N) is 1. The molecule has 0 saturated carbocycles. The Morgan fingerprint density at radius 1 is 1.18 bits per heavy atom. The van der Waals surface area contributed by atoms with Gasteiger partial charge in [0.15, 0.2) is 16.5 Å². The van der Waals surface area contributed by atoms with Crippen LogP contribution in [-0.2, 0) is 0 Å². The molecule has 6 nitrogen and oxygen atoms in total. The summed E-state index contributed by atoms with van der Waals surface area (Å²) in [6.07, 6.45) is 4.97. The van der Waals surface area contributed by atoms with E-state index in [0.717, 1.165) is 5.75 Å².